The van der Waals surface area contributed by atoms with Gasteiger partial charge in [0.25, 0.3) is 0 Å². The van der Waals surface area contributed by atoms with Crippen LogP contribution >= 0.6 is 0 Å². The number of fused-ring (bicyclic) bond motifs is 5. The fraction of sp³-hybridized carbons (Fsp3) is 0.824. The van der Waals surface area contributed by atoms with Crippen LogP contribution in [0.2, 0.25) is 0 Å². The Hall–Kier alpha value is -1.62. The molecule has 242 valence electrons. The number of aliphatic hydroxyl groups excluding tert-OH is 1. The van der Waals surface area contributed by atoms with Crippen molar-refractivity contribution in [1.29, 1.82) is 0 Å². The van der Waals surface area contributed by atoms with Crippen LogP contribution in [-0.4, -0.2) is 87.2 Å². The van der Waals surface area contributed by atoms with Gasteiger partial charge >= 0.3 is 5.97 Å². The van der Waals surface area contributed by atoms with Crippen molar-refractivity contribution in [2.24, 2.45) is 35.5 Å². The van der Waals surface area contributed by atoms with Crippen LogP contribution in [0.25, 0.3) is 0 Å². The van der Waals surface area contributed by atoms with Crippen molar-refractivity contribution in [1.82, 2.24) is 0 Å². The molecule has 1 N–H and O–H groups in total. The third kappa shape index (κ3) is 6.40. The van der Waals surface area contributed by atoms with Gasteiger partial charge in [0.15, 0.2) is 12.1 Å². The van der Waals surface area contributed by atoms with E-state index >= 15 is 0 Å². The first-order valence-electron chi connectivity index (χ1n) is 16.3. The summed E-state index contributed by atoms with van der Waals surface area (Å²) in [6, 6.07) is 0. The number of methoxy groups -OCH3 is 3. The first-order valence-corrected chi connectivity index (χ1v) is 16.3. The number of ketones is 1. The standard InChI is InChI=1S/C34H52O9/c1-8-20-10-9-11-28(35)18(3)30(37)27-15-25-23(26(27)16-29(36)42-20)12-17(2)22-13-21(14-24(22)25)43-34-33(40-7)32(39-6)31(38-5)19(4)41-34/h12,15,18-26,28,31-35H,8-11,13-14,16H2,1-7H3/t18-,19-,20+,21+,22-,23+,24+,25+,26-,28-,31-,32+,33+,34-/m0/s1. The molecule has 0 unspecified atom stereocenters. The number of Topliss-reactive ketones (excluding diaryl/α,β-unsaturated/α-hetero) is 1. The second-order valence-corrected chi connectivity index (χ2v) is 13.5. The zero-order valence-corrected chi connectivity index (χ0v) is 26.9. The molecule has 2 saturated heterocycles. The summed E-state index contributed by atoms with van der Waals surface area (Å²) in [4.78, 5) is 27.1. The predicted molar refractivity (Wildman–Crippen MR) is 159 cm³/mol. The van der Waals surface area contributed by atoms with Crippen molar-refractivity contribution in [3.63, 3.8) is 0 Å². The van der Waals surface area contributed by atoms with E-state index in [0.29, 0.717) is 24.3 Å². The Morgan fingerprint density at radius 2 is 1.65 bits per heavy atom. The van der Waals surface area contributed by atoms with Crippen LogP contribution in [0, 0.1) is 35.5 Å². The Balaban J connectivity index is 1.38. The van der Waals surface area contributed by atoms with E-state index < -0.39 is 24.4 Å². The van der Waals surface area contributed by atoms with Crippen molar-refractivity contribution in [2.45, 2.75) is 122 Å². The van der Waals surface area contributed by atoms with E-state index in [1.165, 1.54) is 5.57 Å². The van der Waals surface area contributed by atoms with Gasteiger partial charge in [-0.3, -0.25) is 9.59 Å². The molecular formula is C34H52O9. The lowest BCUT2D eigenvalue weighted by Crippen LogP contribution is -2.59. The number of aliphatic hydroxyl groups is 1. The number of carbonyl (C=O) groups excluding carboxylic acids is 2. The van der Waals surface area contributed by atoms with Crippen LogP contribution in [-0.2, 0) is 38.0 Å². The number of hydrogen-bond acceptors (Lipinski definition) is 9. The van der Waals surface area contributed by atoms with E-state index in [9.17, 15) is 14.7 Å². The highest BCUT2D eigenvalue weighted by Gasteiger charge is 2.53. The number of esters is 1. The Morgan fingerprint density at radius 3 is 2.33 bits per heavy atom. The van der Waals surface area contributed by atoms with E-state index in [0.717, 1.165) is 25.7 Å². The average molecular weight is 605 g/mol. The van der Waals surface area contributed by atoms with Gasteiger partial charge in [-0.2, -0.15) is 0 Å². The number of allylic oxidation sites excluding steroid dienone is 4. The van der Waals surface area contributed by atoms with Crippen molar-refractivity contribution in [3.05, 3.63) is 23.3 Å². The van der Waals surface area contributed by atoms with Crippen LogP contribution in [0.4, 0.5) is 0 Å². The summed E-state index contributed by atoms with van der Waals surface area (Å²) in [6.07, 6.45) is 6.19. The highest BCUT2D eigenvalue weighted by molar-refractivity contribution is 5.99. The highest BCUT2D eigenvalue weighted by atomic mass is 16.7. The number of ether oxygens (including phenoxy) is 6. The van der Waals surface area contributed by atoms with Crippen molar-refractivity contribution >= 4 is 11.8 Å². The second kappa shape index (κ2) is 13.8. The summed E-state index contributed by atoms with van der Waals surface area (Å²) in [7, 11) is 4.94. The molecule has 14 atom stereocenters. The number of hydrogen-bond donors (Lipinski definition) is 1. The molecule has 3 fully saturated rings. The molecule has 9 heteroatoms. The molecule has 5 rings (SSSR count). The van der Waals surface area contributed by atoms with Gasteiger partial charge in [0.2, 0.25) is 0 Å². The van der Waals surface area contributed by atoms with E-state index in [1.807, 2.05) is 20.8 Å². The summed E-state index contributed by atoms with van der Waals surface area (Å²) >= 11 is 0. The van der Waals surface area contributed by atoms with Gasteiger partial charge in [-0.25, -0.2) is 0 Å². The van der Waals surface area contributed by atoms with Crippen molar-refractivity contribution in [3.8, 4) is 0 Å². The van der Waals surface area contributed by atoms with E-state index in [2.05, 4.69) is 19.1 Å². The van der Waals surface area contributed by atoms with Gasteiger partial charge in [0.05, 0.1) is 24.7 Å². The normalized spacial score (nSPS) is 45.6. The highest BCUT2D eigenvalue weighted by Crippen LogP contribution is 2.56. The molecule has 0 spiro atoms. The van der Waals surface area contributed by atoms with E-state index in [1.54, 1.807) is 21.3 Å². The summed E-state index contributed by atoms with van der Waals surface area (Å²) in [5.74, 6) is -0.288. The molecule has 0 aromatic heterocycles. The molecule has 5 aliphatic rings. The molecule has 0 radical (unpaired) electrons. The molecule has 1 saturated carbocycles. The first kappa shape index (κ1) is 32.8. The van der Waals surface area contributed by atoms with Crippen LogP contribution in [0.15, 0.2) is 23.3 Å². The number of carbonyl (C=O) groups is 2. The Bertz CT molecular complexity index is 1070. The fourth-order valence-corrected chi connectivity index (χ4v) is 8.69. The zero-order valence-electron chi connectivity index (χ0n) is 26.9. The third-order valence-electron chi connectivity index (χ3n) is 11.1. The maximum atomic E-state index is 13.9. The summed E-state index contributed by atoms with van der Waals surface area (Å²) < 4.78 is 36.1. The van der Waals surface area contributed by atoms with Gasteiger partial charge in [0.1, 0.15) is 24.4 Å². The lowest BCUT2D eigenvalue weighted by molar-refractivity contribution is -0.314. The molecule has 0 amide bonds. The maximum absolute atomic E-state index is 13.9. The van der Waals surface area contributed by atoms with Crippen LogP contribution in [0.1, 0.15) is 72.6 Å². The van der Waals surface area contributed by atoms with Crippen molar-refractivity contribution < 1.29 is 43.1 Å². The molecule has 0 aromatic rings. The molecule has 0 bridgehead atoms. The number of rotatable bonds is 6. The van der Waals surface area contributed by atoms with Gasteiger partial charge in [-0.1, -0.05) is 31.6 Å². The fourth-order valence-electron chi connectivity index (χ4n) is 8.69. The van der Waals surface area contributed by atoms with E-state index in [-0.39, 0.29) is 72.4 Å². The third-order valence-corrected chi connectivity index (χ3v) is 11.1. The minimum atomic E-state index is -0.709. The predicted octanol–water partition coefficient (Wildman–Crippen LogP) is 4.40. The molecule has 2 aliphatic heterocycles. The van der Waals surface area contributed by atoms with Gasteiger partial charge in [0, 0.05) is 33.2 Å². The van der Waals surface area contributed by atoms with E-state index in [4.69, 9.17) is 28.4 Å². The van der Waals surface area contributed by atoms with Gasteiger partial charge < -0.3 is 33.5 Å². The monoisotopic (exact) mass is 604 g/mol. The lowest BCUT2D eigenvalue weighted by atomic mass is 9.67. The largest absolute Gasteiger partial charge is 0.462 e. The van der Waals surface area contributed by atoms with Crippen LogP contribution < -0.4 is 0 Å². The average Bonchev–Trinajstić information content (AvgIpc) is 3.56. The van der Waals surface area contributed by atoms with Gasteiger partial charge in [-0.15, -0.1) is 0 Å². The number of cyclic esters (lactones) is 1. The molecule has 0 aromatic carbocycles. The minimum Gasteiger partial charge on any atom is -0.462 e. The molecule has 3 aliphatic carbocycles. The lowest BCUT2D eigenvalue weighted by Gasteiger charge is -2.44. The quantitative estimate of drug-likeness (QED) is 0.349. The Labute approximate surface area is 256 Å². The summed E-state index contributed by atoms with van der Waals surface area (Å²) in [6.45, 7) is 7.98. The zero-order chi connectivity index (χ0) is 31.0. The van der Waals surface area contributed by atoms with Gasteiger partial charge in [-0.05, 0) is 81.6 Å². The van der Waals surface area contributed by atoms with Crippen LogP contribution in [0.5, 0.6) is 0 Å². The first-order chi connectivity index (χ1) is 20.6. The molecule has 2 heterocycles. The maximum Gasteiger partial charge on any atom is 0.306 e. The Morgan fingerprint density at radius 1 is 0.930 bits per heavy atom. The molecule has 43 heavy (non-hydrogen) atoms. The molecule has 9 nitrogen and oxygen atoms in total. The smallest absolute Gasteiger partial charge is 0.306 e. The topological polar surface area (TPSA) is 110 Å². The summed E-state index contributed by atoms with van der Waals surface area (Å²) in [5.41, 5.74) is 1.98. The molecular weight excluding hydrogens is 552 g/mol. The van der Waals surface area contributed by atoms with Crippen molar-refractivity contribution in [2.75, 3.05) is 21.3 Å². The Kier molecular flexibility index (Phi) is 10.5. The second-order valence-electron chi connectivity index (χ2n) is 13.5. The minimum absolute atomic E-state index is 0.0356. The SMILES string of the molecule is CC[C@@H]1CCC[C@H](O)[C@H](C)C(=O)C2=C[C@@H]3[C@@H](C=C(C)[C@@H]4C[C@@H](O[C@@H]5O[C@@H](C)[C@H](OC)[C@@H](OC)[C@H]5OC)C[C@@H]34)[C@@H]2CC(=O)O1. The van der Waals surface area contributed by atoms with Crippen LogP contribution in [0.3, 0.4) is 0 Å². The summed E-state index contributed by atoms with van der Waals surface area (Å²) in [5, 5.41) is 10.9.